The number of carbonyl (C=O) groups is 1. The lowest BCUT2D eigenvalue weighted by atomic mass is 10.1. The van der Waals surface area contributed by atoms with Crippen LogP contribution in [0.5, 0.6) is 0 Å². The Bertz CT molecular complexity index is 637. The van der Waals surface area contributed by atoms with Gasteiger partial charge in [0.1, 0.15) is 0 Å². The first-order chi connectivity index (χ1) is 10.0. The highest BCUT2D eigenvalue weighted by Crippen LogP contribution is 2.40. The Morgan fingerprint density at radius 1 is 1.29 bits per heavy atom. The molecule has 0 bridgehead atoms. The third kappa shape index (κ3) is 2.87. The van der Waals surface area contributed by atoms with Gasteiger partial charge in [-0.25, -0.2) is 13.1 Å². The molecule has 0 spiro atoms. The summed E-state index contributed by atoms with van der Waals surface area (Å²) in [7, 11) is -2.49. The second kappa shape index (κ2) is 5.28. The maximum absolute atomic E-state index is 12.4. The Labute approximate surface area is 122 Å². The van der Waals surface area contributed by atoms with Gasteiger partial charge in [0, 0.05) is 5.92 Å². The lowest BCUT2D eigenvalue weighted by molar-refractivity contribution is -0.145. The summed E-state index contributed by atoms with van der Waals surface area (Å²) in [6, 6.07) is -0.132. The summed E-state index contributed by atoms with van der Waals surface area (Å²) in [4.78, 5) is 11.7. The van der Waals surface area contributed by atoms with Crippen LogP contribution in [0.4, 0.5) is 6.01 Å². The summed E-state index contributed by atoms with van der Waals surface area (Å²) in [6.45, 7) is 0. The predicted octanol–water partition coefficient (Wildman–Crippen LogP) is 1.03. The van der Waals surface area contributed by atoms with Crippen molar-refractivity contribution in [2.75, 3.05) is 11.8 Å². The molecule has 2 aliphatic rings. The third-order valence-corrected chi connectivity index (χ3v) is 5.77. The zero-order chi connectivity index (χ0) is 15.0. The van der Waals surface area contributed by atoms with Crippen molar-refractivity contribution in [3.63, 3.8) is 0 Å². The van der Waals surface area contributed by atoms with Crippen molar-refractivity contribution < 1.29 is 22.4 Å². The fourth-order valence-electron chi connectivity index (χ4n) is 2.69. The number of nitrogens with zero attached hydrogens (tertiary/aromatic N) is 2. The molecule has 1 aromatic heterocycles. The molecule has 9 heteroatoms. The Hall–Kier alpha value is -1.64. The zero-order valence-electron chi connectivity index (χ0n) is 11.6. The van der Waals surface area contributed by atoms with Gasteiger partial charge < -0.3 is 9.15 Å². The second-order valence-corrected chi connectivity index (χ2v) is 7.37. The summed E-state index contributed by atoms with van der Waals surface area (Å²) < 4.78 is 37.0. The van der Waals surface area contributed by atoms with E-state index in [-0.39, 0.29) is 11.9 Å². The van der Waals surface area contributed by atoms with Gasteiger partial charge >= 0.3 is 12.0 Å². The lowest BCUT2D eigenvalue weighted by Crippen LogP contribution is -2.35. The van der Waals surface area contributed by atoms with E-state index < -0.39 is 27.2 Å². The molecule has 8 nitrogen and oxygen atoms in total. The van der Waals surface area contributed by atoms with Crippen molar-refractivity contribution in [3.8, 4) is 0 Å². The first-order valence-corrected chi connectivity index (χ1v) is 8.49. The molecule has 2 saturated carbocycles. The smallest absolute Gasteiger partial charge is 0.329 e. The molecule has 1 aromatic rings. The van der Waals surface area contributed by atoms with Crippen molar-refractivity contribution in [1.29, 1.82) is 0 Å². The van der Waals surface area contributed by atoms with Gasteiger partial charge in [0.05, 0.1) is 18.3 Å². The fourth-order valence-corrected chi connectivity index (χ4v) is 4.32. The number of anilines is 1. The van der Waals surface area contributed by atoms with Gasteiger partial charge in [-0.05, 0) is 25.7 Å². The van der Waals surface area contributed by atoms with Crippen LogP contribution in [0.1, 0.15) is 43.9 Å². The lowest BCUT2D eigenvalue weighted by Gasteiger charge is -2.17. The molecule has 2 unspecified atom stereocenters. The van der Waals surface area contributed by atoms with Gasteiger partial charge in [-0.1, -0.05) is 11.5 Å². The molecule has 0 radical (unpaired) electrons. The van der Waals surface area contributed by atoms with Crippen molar-refractivity contribution in [1.82, 2.24) is 10.2 Å². The van der Waals surface area contributed by atoms with Gasteiger partial charge in [-0.3, -0.25) is 4.79 Å². The number of nitrogens with one attached hydrogen (secondary N) is 1. The number of sulfonamides is 1. The summed E-state index contributed by atoms with van der Waals surface area (Å²) in [5, 5.41) is 6.71. The number of rotatable bonds is 5. The Kier molecular flexibility index (Phi) is 3.60. The van der Waals surface area contributed by atoms with E-state index in [1.165, 1.54) is 7.11 Å². The van der Waals surface area contributed by atoms with E-state index in [0.29, 0.717) is 25.2 Å². The molecular formula is C12H17N3O5S. The largest absolute Gasteiger partial charge is 0.469 e. The summed E-state index contributed by atoms with van der Waals surface area (Å²) >= 11 is 0. The minimum absolute atomic E-state index is 0.132. The van der Waals surface area contributed by atoms with Gasteiger partial charge in [0.15, 0.2) is 0 Å². The van der Waals surface area contributed by atoms with Gasteiger partial charge in [-0.2, -0.15) is 0 Å². The van der Waals surface area contributed by atoms with Gasteiger partial charge in [0.2, 0.25) is 15.9 Å². The molecule has 0 saturated heterocycles. The average molecular weight is 315 g/mol. The average Bonchev–Trinajstić information content (AvgIpc) is 3.00. The molecule has 21 heavy (non-hydrogen) atoms. The number of aromatic nitrogens is 2. The second-order valence-electron chi connectivity index (χ2n) is 5.47. The highest BCUT2D eigenvalue weighted by molar-refractivity contribution is 7.93. The summed E-state index contributed by atoms with van der Waals surface area (Å²) in [5.74, 6) is -0.418. The van der Waals surface area contributed by atoms with Crippen molar-refractivity contribution in [2.45, 2.75) is 43.3 Å². The van der Waals surface area contributed by atoms with Crippen LogP contribution < -0.4 is 4.72 Å². The quantitative estimate of drug-likeness (QED) is 0.808. The third-order valence-electron chi connectivity index (χ3n) is 3.95. The molecule has 0 aliphatic heterocycles. The van der Waals surface area contributed by atoms with Crippen LogP contribution in [0.3, 0.4) is 0 Å². The van der Waals surface area contributed by atoms with E-state index in [4.69, 9.17) is 4.42 Å². The van der Waals surface area contributed by atoms with Crippen LogP contribution in [0.2, 0.25) is 0 Å². The summed E-state index contributed by atoms with van der Waals surface area (Å²) in [6.07, 6.45) is 3.57. The molecule has 116 valence electrons. The number of esters is 1. The first kappa shape index (κ1) is 14.3. The van der Waals surface area contributed by atoms with E-state index in [2.05, 4.69) is 19.7 Å². The Morgan fingerprint density at radius 3 is 2.71 bits per heavy atom. The molecule has 0 amide bonds. The van der Waals surface area contributed by atoms with E-state index in [1.54, 1.807) is 0 Å². The number of hydrogen-bond donors (Lipinski definition) is 1. The van der Waals surface area contributed by atoms with Gasteiger partial charge in [0.25, 0.3) is 0 Å². The predicted molar refractivity (Wildman–Crippen MR) is 72.0 cm³/mol. The maximum Gasteiger partial charge on any atom is 0.329 e. The Balaban J connectivity index is 1.74. The van der Waals surface area contributed by atoms with E-state index >= 15 is 0 Å². The number of hydrogen-bond acceptors (Lipinski definition) is 7. The molecule has 1 heterocycles. The Morgan fingerprint density at radius 2 is 2.05 bits per heavy atom. The van der Waals surface area contributed by atoms with Crippen molar-refractivity contribution in [2.24, 2.45) is 5.92 Å². The molecule has 0 aromatic carbocycles. The standard InChI is InChI=1S/C12H17N3O5S/c1-19-11(16)8-3-2-4-9(8)21(17,18)15-12-14-13-10(20-12)7-5-6-7/h7-9H,2-6H2,1H3,(H,14,15). The topological polar surface area (TPSA) is 111 Å². The molecular weight excluding hydrogens is 298 g/mol. The minimum atomic E-state index is -3.76. The number of carbonyl (C=O) groups excluding carboxylic acids is 1. The number of methoxy groups -OCH3 is 1. The van der Waals surface area contributed by atoms with Crippen LogP contribution in [0.25, 0.3) is 0 Å². The van der Waals surface area contributed by atoms with Crippen LogP contribution in [-0.2, 0) is 19.6 Å². The molecule has 2 atom stereocenters. The van der Waals surface area contributed by atoms with Crippen molar-refractivity contribution >= 4 is 22.0 Å². The van der Waals surface area contributed by atoms with Crippen LogP contribution in [0.15, 0.2) is 4.42 Å². The highest BCUT2D eigenvalue weighted by atomic mass is 32.2. The fraction of sp³-hybridized carbons (Fsp3) is 0.750. The first-order valence-electron chi connectivity index (χ1n) is 6.94. The highest BCUT2D eigenvalue weighted by Gasteiger charge is 2.43. The summed E-state index contributed by atoms with van der Waals surface area (Å²) in [5.41, 5.74) is 0. The van der Waals surface area contributed by atoms with E-state index in [0.717, 1.165) is 12.8 Å². The SMILES string of the molecule is COC(=O)C1CCCC1S(=O)(=O)Nc1nnc(C2CC2)o1. The zero-order valence-corrected chi connectivity index (χ0v) is 12.4. The molecule has 3 rings (SSSR count). The molecule has 1 N–H and O–H groups in total. The normalized spacial score (nSPS) is 25.8. The van der Waals surface area contributed by atoms with Crippen LogP contribution in [0, 0.1) is 5.92 Å². The molecule has 2 fully saturated rings. The van der Waals surface area contributed by atoms with Crippen LogP contribution in [-0.4, -0.2) is 36.9 Å². The maximum atomic E-state index is 12.4. The molecule has 2 aliphatic carbocycles. The number of ether oxygens (including phenoxy) is 1. The van der Waals surface area contributed by atoms with Gasteiger partial charge in [-0.15, -0.1) is 5.10 Å². The van der Waals surface area contributed by atoms with Crippen LogP contribution >= 0.6 is 0 Å². The van der Waals surface area contributed by atoms with E-state index in [1.807, 2.05) is 0 Å². The minimum Gasteiger partial charge on any atom is -0.469 e. The van der Waals surface area contributed by atoms with E-state index in [9.17, 15) is 13.2 Å². The monoisotopic (exact) mass is 315 g/mol. The van der Waals surface area contributed by atoms with Crippen molar-refractivity contribution in [3.05, 3.63) is 5.89 Å².